The van der Waals surface area contributed by atoms with E-state index < -0.39 is 17.7 Å². The molecule has 1 aliphatic rings. The smallest absolute Gasteiger partial charge is 0.130 e. The van der Waals surface area contributed by atoms with Gasteiger partial charge in [0, 0.05) is 30.3 Å². The molecule has 1 heterocycles. The van der Waals surface area contributed by atoms with Gasteiger partial charge in [0.15, 0.2) is 0 Å². The van der Waals surface area contributed by atoms with E-state index in [2.05, 4.69) is 11.8 Å². The van der Waals surface area contributed by atoms with E-state index >= 15 is 0 Å². The summed E-state index contributed by atoms with van der Waals surface area (Å²) in [5.74, 6) is -1.11. The zero-order chi connectivity index (χ0) is 13.8. The van der Waals surface area contributed by atoms with E-state index in [0.29, 0.717) is 18.2 Å². The molecule has 2 nitrogen and oxygen atoms in total. The van der Waals surface area contributed by atoms with E-state index in [4.69, 9.17) is 5.73 Å². The van der Waals surface area contributed by atoms with Gasteiger partial charge < -0.3 is 5.73 Å². The second-order valence-electron chi connectivity index (χ2n) is 5.47. The number of hydrogen-bond donors (Lipinski definition) is 1. The van der Waals surface area contributed by atoms with Crippen molar-refractivity contribution in [2.75, 3.05) is 13.1 Å². The molecular formula is C15H22F2N2. The van der Waals surface area contributed by atoms with Gasteiger partial charge in [-0.1, -0.05) is 18.9 Å². The van der Waals surface area contributed by atoms with Gasteiger partial charge in [-0.2, -0.15) is 0 Å². The largest absolute Gasteiger partial charge is 0.323 e. The molecule has 1 saturated heterocycles. The summed E-state index contributed by atoms with van der Waals surface area (Å²) < 4.78 is 26.6. The number of halogens is 2. The molecule has 1 aliphatic heterocycles. The molecule has 2 unspecified atom stereocenters. The van der Waals surface area contributed by atoms with Gasteiger partial charge in [0.05, 0.1) is 0 Å². The van der Waals surface area contributed by atoms with Crippen molar-refractivity contribution in [3.63, 3.8) is 0 Å². The van der Waals surface area contributed by atoms with Gasteiger partial charge in [-0.25, -0.2) is 8.78 Å². The van der Waals surface area contributed by atoms with Crippen LogP contribution in [0.15, 0.2) is 18.2 Å². The van der Waals surface area contributed by atoms with Crippen molar-refractivity contribution in [1.82, 2.24) is 4.90 Å². The summed E-state index contributed by atoms with van der Waals surface area (Å²) in [6.07, 6.45) is 4.83. The van der Waals surface area contributed by atoms with E-state index in [9.17, 15) is 8.78 Å². The zero-order valence-corrected chi connectivity index (χ0v) is 11.4. The average Bonchev–Trinajstić information content (AvgIpc) is 2.55. The molecule has 19 heavy (non-hydrogen) atoms. The predicted molar refractivity (Wildman–Crippen MR) is 72.8 cm³/mol. The van der Waals surface area contributed by atoms with Gasteiger partial charge in [0.1, 0.15) is 11.6 Å². The Bertz CT molecular complexity index is 423. The summed E-state index contributed by atoms with van der Waals surface area (Å²) in [5.41, 5.74) is 6.49. The fraction of sp³-hybridized carbons (Fsp3) is 0.600. The molecule has 0 radical (unpaired) electrons. The Balaban J connectivity index is 2.04. The first kappa shape index (κ1) is 14.4. The zero-order valence-electron chi connectivity index (χ0n) is 11.4. The topological polar surface area (TPSA) is 29.3 Å². The van der Waals surface area contributed by atoms with Crippen molar-refractivity contribution in [3.05, 3.63) is 35.4 Å². The lowest BCUT2D eigenvalue weighted by Gasteiger charge is -2.29. The molecule has 106 valence electrons. The van der Waals surface area contributed by atoms with Crippen molar-refractivity contribution in [3.8, 4) is 0 Å². The van der Waals surface area contributed by atoms with Gasteiger partial charge in [0.2, 0.25) is 0 Å². The maximum atomic E-state index is 13.7. The molecule has 2 rings (SSSR count). The third-order valence-corrected chi connectivity index (χ3v) is 3.98. The van der Waals surface area contributed by atoms with Crippen molar-refractivity contribution in [2.45, 2.75) is 44.7 Å². The first-order valence-electron chi connectivity index (χ1n) is 7.02. The summed E-state index contributed by atoms with van der Waals surface area (Å²) in [6, 6.07) is 3.71. The minimum atomic E-state index is -0.559. The number of hydrogen-bond acceptors (Lipinski definition) is 2. The molecule has 0 spiro atoms. The fourth-order valence-corrected chi connectivity index (χ4v) is 2.76. The lowest BCUT2D eigenvalue weighted by molar-refractivity contribution is 0.200. The summed E-state index contributed by atoms with van der Waals surface area (Å²) >= 11 is 0. The minimum Gasteiger partial charge on any atom is -0.323 e. The van der Waals surface area contributed by atoms with Crippen molar-refractivity contribution in [2.24, 2.45) is 5.73 Å². The van der Waals surface area contributed by atoms with E-state index in [-0.39, 0.29) is 0 Å². The Morgan fingerprint density at radius 3 is 2.84 bits per heavy atom. The Morgan fingerprint density at radius 1 is 1.32 bits per heavy atom. The number of nitrogens with zero attached hydrogens (tertiary/aromatic N) is 1. The number of benzene rings is 1. The lowest BCUT2D eigenvalue weighted by atomic mass is 10.1. The van der Waals surface area contributed by atoms with Crippen LogP contribution in [0, 0.1) is 11.6 Å². The molecule has 1 aromatic carbocycles. The molecule has 1 fully saturated rings. The molecule has 0 amide bonds. The first-order chi connectivity index (χ1) is 9.08. The number of rotatable bonds is 3. The minimum absolute atomic E-state index is 0.401. The number of nitrogens with two attached hydrogens (primary N) is 1. The van der Waals surface area contributed by atoms with Gasteiger partial charge in [0.25, 0.3) is 0 Å². The highest BCUT2D eigenvalue weighted by atomic mass is 19.1. The van der Waals surface area contributed by atoms with Gasteiger partial charge in [-0.05, 0) is 32.4 Å². The molecule has 0 aliphatic carbocycles. The highest BCUT2D eigenvalue weighted by molar-refractivity contribution is 5.22. The van der Waals surface area contributed by atoms with E-state index in [1.807, 2.05) is 0 Å². The van der Waals surface area contributed by atoms with Crippen LogP contribution in [0.2, 0.25) is 0 Å². The van der Waals surface area contributed by atoms with Gasteiger partial charge in [-0.3, -0.25) is 4.90 Å². The van der Waals surface area contributed by atoms with Crippen LogP contribution in [0.25, 0.3) is 0 Å². The molecule has 2 atom stereocenters. The van der Waals surface area contributed by atoms with Crippen molar-refractivity contribution < 1.29 is 8.78 Å². The van der Waals surface area contributed by atoms with E-state index in [0.717, 1.165) is 12.6 Å². The molecule has 0 saturated carbocycles. The summed E-state index contributed by atoms with van der Waals surface area (Å²) in [5, 5.41) is 0. The van der Waals surface area contributed by atoms with Crippen LogP contribution >= 0.6 is 0 Å². The summed E-state index contributed by atoms with van der Waals surface area (Å²) in [6.45, 7) is 3.83. The molecule has 0 aromatic heterocycles. The van der Waals surface area contributed by atoms with Gasteiger partial charge >= 0.3 is 0 Å². The second-order valence-corrected chi connectivity index (χ2v) is 5.47. The van der Waals surface area contributed by atoms with Gasteiger partial charge in [-0.15, -0.1) is 0 Å². The Kier molecular flexibility index (Phi) is 4.88. The SMILES string of the molecule is CC1CCCCCN1CC(N)c1ccc(F)cc1F. The van der Waals surface area contributed by atoms with Crippen LogP contribution < -0.4 is 5.73 Å². The average molecular weight is 268 g/mol. The van der Waals surface area contributed by atoms with Crippen LogP contribution in [0.5, 0.6) is 0 Å². The Morgan fingerprint density at radius 2 is 2.11 bits per heavy atom. The van der Waals surface area contributed by atoms with Crippen LogP contribution in [-0.4, -0.2) is 24.0 Å². The molecule has 4 heteroatoms. The normalized spacial score (nSPS) is 23.1. The first-order valence-corrected chi connectivity index (χ1v) is 7.02. The summed E-state index contributed by atoms with van der Waals surface area (Å²) in [4.78, 5) is 2.32. The van der Waals surface area contributed by atoms with Crippen molar-refractivity contribution in [1.29, 1.82) is 0 Å². The predicted octanol–water partition coefficient (Wildman–Crippen LogP) is 3.23. The third-order valence-electron chi connectivity index (χ3n) is 3.98. The molecule has 0 bridgehead atoms. The molecular weight excluding hydrogens is 246 g/mol. The summed E-state index contributed by atoms with van der Waals surface area (Å²) in [7, 11) is 0. The lowest BCUT2D eigenvalue weighted by Crippen LogP contribution is -2.38. The highest BCUT2D eigenvalue weighted by Crippen LogP contribution is 2.21. The van der Waals surface area contributed by atoms with E-state index in [1.54, 1.807) is 0 Å². The fourth-order valence-electron chi connectivity index (χ4n) is 2.76. The number of likely N-dealkylation sites (tertiary alicyclic amines) is 1. The van der Waals surface area contributed by atoms with Crippen LogP contribution in [0.4, 0.5) is 8.78 Å². The standard InChI is InChI=1S/C15H22F2N2/c1-11-5-3-2-4-8-19(11)10-15(18)13-7-6-12(16)9-14(13)17/h6-7,9,11,15H,2-5,8,10,18H2,1H3. The van der Waals surface area contributed by atoms with Crippen LogP contribution in [0.1, 0.15) is 44.2 Å². The van der Waals surface area contributed by atoms with E-state index in [1.165, 1.54) is 37.8 Å². The monoisotopic (exact) mass is 268 g/mol. The quantitative estimate of drug-likeness (QED) is 0.912. The van der Waals surface area contributed by atoms with Crippen LogP contribution in [-0.2, 0) is 0 Å². The second kappa shape index (κ2) is 6.44. The van der Waals surface area contributed by atoms with Crippen molar-refractivity contribution >= 4 is 0 Å². The van der Waals surface area contributed by atoms with Crippen LogP contribution in [0.3, 0.4) is 0 Å². The maximum absolute atomic E-state index is 13.7. The third kappa shape index (κ3) is 3.74. The highest BCUT2D eigenvalue weighted by Gasteiger charge is 2.21. The Hall–Kier alpha value is -1.00. The molecule has 2 N–H and O–H groups in total. The maximum Gasteiger partial charge on any atom is 0.130 e. The molecule has 1 aromatic rings. The Labute approximate surface area is 113 Å².